The summed E-state index contributed by atoms with van der Waals surface area (Å²) in [6, 6.07) is 10.3. The second kappa shape index (κ2) is 5.38. The molecule has 0 saturated carbocycles. The molecule has 0 aliphatic rings. The van der Waals surface area contributed by atoms with Crippen LogP contribution in [0.3, 0.4) is 0 Å². The van der Waals surface area contributed by atoms with Gasteiger partial charge in [0.15, 0.2) is 11.6 Å². The lowest BCUT2D eigenvalue weighted by atomic mass is 10.0. The van der Waals surface area contributed by atoms with Crippen LogP contribution in [0.25, 0.3) is 11.1 Å². The summed E-state index contributed by atoms with van der Waals surface area (Å²) in [4.78, 5) is 0. The Hall–Kier alpha value is -1.58. The molecule has 2 aromatic carbocycles. The zero-order chi connectivity index (χ0) is 13.1. The molecule has 2 aromatic rings. The van der Waals surface area contributed by atoms with Crippen LogP contribution in [-0.2, 0) is 6.54 Å². The maximum Gasteiger partial charge on any atom is 0.165 e. The fraction of sp³-hybridized carbons (Fsp3) is 0.143. The van der Waals surface area contributed by atoms with E-state index in [2.05, 4.69) is 0 Å². The Morgan fingerprint density at radius 1 is 1.17 bits per heavy atom. The molecular formula is C14H13ClFNO. The second-order valence-electron chi connectivity index (χ2n) is 3.86. The van der Waals surface area contributed by atoms with Crippen molar-refractivity contribution in [2.45, 2.75) is 6.54 Å². The molecule has 0 amide bonds. The maximum atomic E-state index is 13.6. The van der Waals surface area contributed by atoms with Crippen molar-refractivity contribution < 1.29 is 9.13 Å². The van der Waals surface area contributed by atoms with Crippen molar-refractivity contribution in [2.75, 3.05) is 7.11 Å². The number of ether oxygens (including phenoxy) is 1. The average molecular weight is 266 g/mol. The van der Waals surface area contributed by atoms with E-state index in [1.165, 1.54) is 13.2 Å². The van der Waals surface area contributed by atoms with Gasteiger partial charge in [0, 0.05) is 11.6 Å². The predicted octanol–water partition coefficient (Wildman–Crippen LogP) is 3.61. The van der Waals surface area contributed by atoms with Crippen molar-refractivity contribution >= 4 is 11.6 Å². The van der Waals surface area contributed by atoms with Gasteiger partial charge >= 0.3 is 0 Å². The van der Waals surface area contributed by atoms with E-state index in [9.17, 15) is 4.39 Å². The van der Waals surface area contributed by atoms with Gasteiger partial charge < -0.3 is 10.5 Å². The van der Waals surface area contributed by atoms with Gasteiger partial charge in [-0.3, -0.25) is 0 Å². The molecule has 0 radical (unpaired) electrons. The van der Waals surface area contributed by atoms with Crippen LogP contribution >= 0.6 is 11.6 Å². The van der Waals surface area contributed by atoms with E-state index in [0.717, 1.165) is 16.7 Å². The molecular weight excluding hydrogens is 253 g/mol. The van der Waals surface area contributed by atoms with Crippen LogP contribution in [0.4, 0.5) is 4.39 Å². The molecule has 2 nitrogen and oxygen atoms in total. The number of hydrogen-bond acceptors (Lipinski definition) is 2. The number of methoxy groups -OCH3 is 1. The molecule has 0 atom stereocenters. The molecule has 94 valence electrons. The smallest absolute Gasteiger partial charge is 0.165 e. The van der Waals surface area contributed by atoms with Gasteiger partial charge in [-0.15, -0.1) is 0 Å². The van der Waals surface area contributed by atoms with Gasteiger partial charge in [0.1, 0.15) is 0 Å². The SMILES string of the molecule is COc1ccc(-c2ccc(Cl)c(CN)c2)cc1F. The van der Waals surface area contributed by atoms with Gasteiger partial charge in [0.05, 0.1) is 7.11 Å². The Kier molecular flexibility index (Phi) is 3.84. The van der Waals surface area contributed by atoms with Crippen molar-refractivity contribution in [1.82, 2.24) is 0 Å². The van der Waals surface area contributed by atoms with Gasteiger partial charge in [-0.25, -0.2) is 4.39 Å². The lowest BCUT2D eigenvalue weighted by molar-refractivity contribution is 0.386. The third-order valence-corrected chi connectivity index (χ3v) is 3.12. The van der Waals surface area contributed by atoms with E-state index in [1.807, 2.05) is 12.1 Å². The summed E-state index contributed by atoms with van der Waals surface area (Å²) < 4.78 is 18.5. The largest absolute Gasteiger partial charge is 0.494 e. The highest BCUT2D eigenvalue weighted by atomic mass is 35.5. The van der Waals surface area contributed by atoms with Crippen molar-refractivity contribution in [3.05, 3.63) is 52.8 Å². The first kappa shape index (κ1) is 12.9. The van der Waals surface area contributed by atoms with Crippen molar-refractivity contribution in [1.29, 1.82) is 0 Å². The molecule has 0 spiro atoms. The summed E-state index contributed by atoms with van der Waals surface area (Å²) in [6.07, 6.45) is 0. The predicted molar refractivity (Wildman–Crippen MR) is 71.3 cm³/mol. The van der Waals surface area contributed by atoms with Crippen LogP contribution < -0.4 is 10.5 Å². The van der Waals surface area contributed by atoms with E-state index in [0.29, 0.717) is 11.6 Å². The number of benzene rings is 2. The highest BCUT2D eigenvalue weighted by molar-refractivity contribution is 6.31. The summed E-state index contributed by atoms with van der Waals surface area (Å²) in [5, 5.41) is 0.621. The first-order valence-corrected chi connectivity index (χ1v) is 5.86. The fourth-order valence-corrected chi connectivity index (χ4v) is 1.95. The van der Waals surface area contributed by atoms with E-state index in [1.54, 1.807) is 18.2 Å². The highest BCUT2D eigenvalue weighted by Gasteiger charge is 2.07. The third-order valence-electron chi connectivity index (χ3n) is 2.75. The van der Waals surface area contributed by atoms with E-state index in [4.69, 9.17) is 22.1 Å². The van der Waals surface area contributed by atoms with Crippen molar-refractivity contribution in [2.24, 2.45) is 5.73 Å². The number of nitrogens with two attached hydrogens (primary N) is 1. The standard InChI is InChI=1S/C14H13ClFNO/c1-18-14-5-3-10(7-13(14)16)9-2-4-12(15)11(6-9)8-17/h2-7H,8,17H2,1H3. The van der Waals surface area contributed by atoms with E-state index >= 15 is 0 Å². The summed E-state index contributed by atoms with van der Waals surface area (Å²) in [5.41, 5.74) is 8.07. The molecule has 0 saturated heterocycles. The summed E-state index contributed by atoms with van der Waals surface area (Å²) >= 11 is 5.99. The summed E-state index contributed by atoms with van der Waals surface area (Å²) in [7, 11) is 1.44. The monoisotopic (exact) mass is 265 g/mol. The molecule has 2 rings (SSSR count). The Labute approximate surface area is 110 Å². The van der Waals surface area contributed by atoms with Crippen molar-refractivity contribution in [3.63, 3.8) is 0 Å². The topological polar surface area (TPSA) is 35.2 Å². The van der Waals surface area contributed by atoms with Gasteiger partial charge in [0.25, 0.3) is 0 Å². The number of hydrogen-bond donors (Lipinski definition) is 1. The molecule has 0 fully saturated rings. The van der Waals surface area contributed by atoms with Crippen LogP contribution in [0.5, 0.6) is 5.75 Å². The summed E-state index contributed by atoms with van der Waals surface area (Å²) in [6.45, 7) is 0.352. The molecule has 0 aromatic heterocycles. The van der Waals surface area contributed by atoms with Crippen molar-refractivity contribution in [3.8, 4) is 16.9 Å². The fourth-order valence-electron chi connectivity index (χ4n) is 1.76. The Balaban J connectivity index is 2.45. The third kappa shape index (κ3) is 2.47. The van der Waals surface area contributed by atoms with Crippen LogP contribution in [0.1, 0.15) is 5.56 Å². The zero-order valence-electron chi connectivity index (χ0n) is 9.91. The molecule has 0 unspecified atom stereocenters. The Morgan fingerprint density at radius 3 is 2.44 bits per heavy atom. The average Bonchev–Trinajstić information content (AvgIpc) is 2.39. The quantitative estimate of drug-likeness (QED) is 0.920. The summed E-state index contributed by atoms with van der Waals surface area (Å²) in [5.74, 6) is -0.161. The molecule has 0 heterocycles. The van der Waals surface area contributed by atoms with Gasteiger partial charge in [0.2, 0.25) is 0 Å². The van der Waals surface area contributed by atoms with Crippen LogP contribution in [0.15, 0.2) is 36.4 Å². The first-order chi connectivity index (χ1) is 8.65. The highest BCUT2D eigenvalue weighted by Crippen LogP contribution is 2.28. The molecule has 4 heteroatoms. The minimum absolute atomic E-state index is 0.228. The van der Waals surface area contributed by atoms with Crippen LogP contribution in [0, 0.1) is 5.82 Å². The van der Waals surface area contributed by atoms with Gasteiger partial charge in [-0.05, 0) is 41.0 Å². The van der Waals surface area contributed by atoms with Crippen LogP contribution in [-0.4, -0.2) is 7.11 Å². The minimum atomic E-state index is -0.390. The molecule has 18 heavy (non-hydrogen) atoms. The second-order valence-corrected chi connectivity index (χ2v) is 4.27. The van der Waals surface area contributed by atoms with Gasteiger partial charge in [-0.2, -0.15) is 0 Å². The molecule has 0 bridgehead atoms. The van der Waals surface area contributed by atoms with Crippen LogP contribution in [0.2, 0.25) is 5.02 Å². The lowest BCUT2D eigenvalue weighted by Gasteiger charge is -2.08. The number of rotatable bonds is 3. The molecule has 0 aliphatic carbocycles. The van der Waals surface area contributed by atoms with E-state index < -0.39 is 0 Å². The lowest BCUT2D eigenvalue weighted by Crippen LogP contribution is -1.97. The Bertz CT molecular complexity index is 572. The van der Waals surface area contributed by atoms with Gasteiger partial charge in [-0.1, -0.05) is 23.7 Å². The Morgan fingerprint density at radius 2 is 1.83 bits per heavy atom. The molecule has 2 N–H and O–H groups in total. The number of halogens is 2. The first-order valence-electron chi connectivity index (χ1n) is 5.48. The van der Waals surface area contributed by atoms with E-state index in [-0.39, 0.29) is 11.6 Å². The molecule has 0 aliphatic heterocycles. The maximum absolute atomic E-state index is 13.6. The normalized spacial score (nSPS) is 10.4. The minimum Gasteiger partial charge on any atom is -0.494 e. The zero-order valence-corrected chi connectivity index (χ0v) is 10.7.